The Kier molecular flexibility index (Phi) is 6.51. The number of nitrogens with zero attached hydrogens (tertiary/aromatic N) is 1. The van der Waals surface area contributed by atoms with Crippen molar-refractivity contribution in [2.75, 3.05) is 6.61 Å². The fourth-order valence-electron chi connectivity index (χ4n) is 3.29. The van der Waals surface area contributed by atoms with Crippen LogP contribution in [0.1, 0.15) is 63.5 Å². The summed E-state index contributed by atoms with van der Waals surface area (Å²) < 4.78 is 13.5. The van der Waals surface area contributed by atoms with Gasteiger partial charge in [0.15, 0.2) is 0 Å². The van der Waals surface area contributed by atoms with Crippen LogP contribution in [0.4, 0.5) is 0 Å². The molecule has 0 unspecified atom stereocenters. The molecule has 1 heterocycles. The number of fused-ring (bicyclic) bond motifs is 1. The third-order valence-electron chi connectivity index (χ3n) is 4.35. The van der Waals surface area contributed by atoms with E-state index in [4.69, 9.17) is 9.47 Å². The van der Waals surface area contributed by atoms with Crippen LogP contribution in [0.5, 0.6) is 5.75 Å². The fraction of sp³-hybridized carbons (Fsp3) is 0.571. The Balaban J connectivity index is 2.53. The molecular formula is C21H31NO3. The van der Waals surface area contributed by atoms with Crippen molar-refractivity contribution in [1.29, 1.82) is 0 Å². The van der Waals surface area contributed by atoms with Gasteiger partial charge in [-0.3, -0.25) is 0 Å². The number of benzene rings is 1. The number of ether oxygens (including phenoxy) is 2. The summed E-state index contributed by atoms with van der Waals surface area (Å²) in [6.07, 6.45) is 2.25. The lowest BCUT2D eigenvalue weighted by molar-refractivity contribution is 0.0527. The molecule has 0 aliphatic heterocycles. The first-order valence-corrected chi connectivity index (χ1v) is 9.35. The quantitative estimate of drug-likeness (QED) is 0.606. The number of carbonyl (C=O) groups is 1. The molecule has 138 valence electrons. The Bertz CT molecular complexity index is 730. The molecule has 0 bridgehead atoms. The molecule has 2 aromatic rings. The lowest BCUT2D eigenvalue weighted by Crippen LogP contribution is -2.11. The predicted octanol–water partition coefficient (Wildman–Crippen LogP) is 5.35. The Hall–Kier alpha value is -1.97. The van der Waals surface area contributed by atoms with E-state index in [-0.39, 0.29) is 12.1 Å². The van der Waals surface area contributed by atoms with Crippen molar-refractivity contribution in [2.45, 2.75) is 67.0 Å². The van der Waals surface area contributed by atoms with Gasteiger partial charge < -0.3 is 14.0 Å². The topological polar surface area (TPSA) is 40.5 Å². The van der Waals surface area contributed by atoms with Crippen LogP contribution in [0, 0.1) is 12.8 Å². The highest BCUT2D eigenvalue weighted by Crippen LogP contribution is 2.31. The minimum absolute atomic E-state index is 0.160. The molecule has 4 nitrogen and oxygen atoms in total. The maximum Gasteiger partial charge on any atom is 0.340 e. The Labute approximate surface area is 151 Å². The van der Waals surface area contributed by atoms with Crippen molar-refractivity contribution in [2.24, 2.45) is 5.92 Å². The van der Waals surface area contributed by atoms with Gasteiger partial charge in [0.1, 0.15) is 5.75 Å². The molecular weight excluding hydrogens is 314 g/mol. The molecule has 25 heavy (non-hydrogen) atoms. The monoisotopic (exact) mass is 345 g/mol. The van der Waals surface area contributed by atoms with Crippen LogP contribution in [-0.4, -0.2) is 23.2 Å². The SMILES string of the molecule is CCC[C@H](C)Oc1ccc2c(c1)c(C(=O)OCC)c(C)n2CC(C)C. The van der Waals surface area contributed by atoms with Crippen molar-refractivity contribution in [1.82, 2.24) is 4.57 Å². The van der Waals surface area contributed by atoms with E-state index >= 15 is 0 Å². The van der Waals surface area contributed by atoms with E-state index in [1.165, 1.54) is 0 Å². The van der Waals surface area contributed by atoms with Gasteiger partial charge in [0.2, 0.25) is 0 Å². The molecule has 0 amide bonds. The highest BCUT2D eigenvalue weighted by atomic mass is 16.5. The number of hydrogen-bond acceptors (Lipinski definition) is 3. The molecule has 0 saturated heterocycles. The highest BCUT2D eigenvalue weighted by molar-refractivity contribution is 6.06. The average Bonchev–Trinajstić information content (AvgIpc) is 2.79. The largest absolute Gasteiger partial charge is 0.491 e. The van der Waals surface area contributed by atoms with Crippen LogP contribution < -0.4 is 4.74 Å². The van der Waals surface area contributed by atoms with E-state index in [1.54, 1.807) is 0 Å². The maximum atomic E-state index is 12.5. The van der Waals surface area contributed by atoms with Gasteiger partial charge in [0.25, 0.3) is 0 Å². The Morgan fingerprint density at radius 1 is 1.20 bits per heavy atom. The summed E-state index contributed by atoms with van der Waals surface area (Å²) in [4.78, 5) is 12.5. The van der Waals surface area contributed by atoms with Crippen molar-refractivity contribution < 1.29 is 14.3 Å². The van der Waals surface area contributed by atoms with E-state index < -0.39 is 0 Å². The minimum atomic E-state index is -0.258. The molecule has 1 aromatic heterocycles. The second-order valence-electron chi connectivity index (χ2n) is 7.08. The smallest absolute Gasteiger partial charge is 0.340 e. The van der Waals surface area contributed by atoms with E-state index in [2.05, 4.69) is 38.3 Å². The summed E-state index contributed by atoms with van der Waals surface area (Å²) in [5.74, 6) is 1.04. The molecule has 0 radical (unpaired) electrons. The van der Waals surface area contributed by atoms with Crippen LogP contribution in [0.3, 0.4) is 0 Å². The second kappa shape index (κ2) is 8.41. The summed E-state index contributed by atoms with van der Waals surface area (Å²) in [5, 5.41) is 0.915. The molecule has 0 spiro atoms. The zero-order chi connectivity index (χ0) is 18.6. The summed E-state index contributed by atoms with van der Waals surface area (Å²) in [7, 11) is 0. The van der Waals surface area contributed by atoms with Gasteiger partial charge in [-0.1, -0.05) is 27.2 Å². The standard InChI is InChI=1S/C21H31NO3/c1-7-9-15(5)25-17-10-11-19-18(12-17)20(21(23)24-8-2)16(6)22(19)13-14(3)4/h10-12,14-15H,7-9,13H2,1-6H3/t15-/m0/s1. The average molecular weight is 345 g/mol. The van der Waals surface area contributed by atoms with E-state index in [0.717, 1.165) is 41.7 Å². The van der Waals surface area contributed by atoms with Crippen molar-refractivity contribution in [3.8, 4) is 5.75 Å². The van der Waals surface area contributed by atoms with Crippen molar-refractivity contribution in [3.63, 3.8) is 0 Å². The number of hydrogen-bond donors (Lipinski definition) is 0. The highest BCUT2D eigenvalue weighted by Gasteiger charge is 2.22. The third-order valence-corrected chi connectivity index (χ3v) is 4.35. The third kappa shape index (κ3) is 4.36. The molecule has 0 fully saturated rings. The van der Waals surface area contributed by atoms with Gasteiger partial charge in [-0.2, -0.15) is 0 Å². The molecule has 0 aliphatic rings. The zero-order valence-corrected chi connectivity index (χ0v) is 16.4. The van der Waals surface area contributed by atoms with Crippen LogP contribution in [0.25, 0.3) is 10.9 Å². The van der Waals surface area contributed by atoms with E-state index in [9.17, 15) is 4.79 Å². The minimum Gasteiger partial charge on any atom is -0.491 e. The molecule has 0 N–H and O–H groups in total. The molecule has 2 rings (SSSR count). The lowest BCUT2D eigenvalue weighted by atomic mass is 10.1. The fourth-order valence-corrected chi connectivity index (χ4v) is 3.29. The van der Waals surface area contributed by atoms with Crippen molar-refractivity contribution >= 4 is 16.9 Å². The van der Waals surface area contributed by atoms with Crippen LogP contribution in [0.2, 0.25) is 0 Å². The van der Waals surface area contributed by atoms with Gasteiger partial charge in [0.05, 0.1) is 18.3 Å². The number of esters is 1. The number of aromatic nitrogens is 1. The second-order valence-corrected chi connectivity index (χ2v) is 7.08. The predicted molar refractivity (Wildman–Crippen MR) is 102 cm³/mol. The molecule has 1 atom stereocenters. The molecule has 4 heteroatoms. The summed E-state index contributed by atoms with van der Waals surface area (Å²) in [5.41, 5.74) is 2.68. The van der Waals surface area contributed by atoms with Crippen molar-refractivity contribution in [3.05, 3.63) is 29.5 Å². The van der Waals surface area contributed by atoms with Gasteiger partial charge >= 0.3 is 5.97 Å². The lowest BCUT2D eigenvalue weighted by Gasteiger charge is -2.14. The van der Waals surface area contributed by atoms with Crippen LogP contribution in [-0.2, 0) is 11.3 Å². The first kappa shape index (κ1) is 19.4. The van der Waals surface area contributed by atoms with Gasteiger partial charge in [-0.05, 0) is 51.3 Å². The maximum absolute atomic E-state index is 12.5. The first-order valence-electron chi connectivity index (χ1n) is 9.35. The van der Waals surface area contributed by atoms with Crippen LogP contribution >= 0.6 is 0 Å². The summed E-state index contributed by atoms with van der Waals surface area (Å²) in [6.45, 7) is 13.7. The summed E-state index contributed by atoms with van der Waals surface area (Å²) >= 11 is 0. The number of rotatable bonds is 8. The van der Waals surface area contributed by atoms with E-state index in [1.807, 2.05) is 26.0 Å². The molecule has 0 saturated carbocycles. The normalized spacial score (nSPS) is 12.6. The van der Waals surface area contributed by atoms with Gasteiger partial charge in [0, 0.05) is 23.1 Å². The Morgan fingerprint density at radius 3 is 2.52 bits per heavy atom. The van der Waals surface area contributed by atoms with Gasteiger partial charge in [-0.25, -0.2) is 4.79 Å². The molecule has 0 aliphatic carbocycles. The Morgan fingerprint density at radius 2 is 1.92 bits per heavy atom. The number of carbonyl (C=O) groups excluding carboxylic acids is 1. The van der Waals surface area contributed by atoms with Gasteiger partial charge in [-0.15, -0.1) is 0 Å². The zero-order valence-electron chi connectivity index (χ0n) is 16.4. The summed E-state index contributed by atoms with van der Waals surface area (Å²) in [6, 6.07) is 6.04. The van der Waals surface area contributed by atoms with E-state index in [0.29, 0.717) is 18.1 Å². The van der Waals surface area contributed by atoms with Crippen LogP contribution in [0.15, 0.2) is 18.2 Å². The molecule has 1 aromatic carbocycles. The first-order chi connectivity index (χ1) is 11.9.